The highest BCUT2D eigenvalue weighted by molar-refractivity contribution is 7.98. The molecule has 1 aliphatic rings. The first-order valence-electron chi connectivity index (χ1n) is 8.94. The Morgan fingerprint density at radius 2 is 2.04 bits per heavy atom. The van der Waals surface area contributed by atoms with Gasteiger partial charge >= 0.3 is 0 Å². The first kappa shape index (κ1) is 22.8. The van der Waals surface area contributed by atoms with E-state index in [1.54, 1.807) is 11.8 Å². The molecule has 2 amide bonds. The number of amides is 2. The third kappa shape index (κ3) is 7.98. The van der Waals surface area contributed by atoms with Crippen molar-refractivity contribution in [3.63, 3.8) is 0 Å². The van der Waals surface area contributed by atoms with Crippen molar-refractivity contribution in [3.8, 4) is 0 Å². The summed E-state index contributed by atoms with van der Waals surface area (Å²) >= 11 is 1.68. The Bertz CT molecular complexity index is 559. The number of piperidine rings is 1. The highest BCUT2D eigenvalue weighted by Gasteiger charge is 2.25. The largest absolute Gasteiger partial charge is 0.351 e. The molecule has 1 saturated heterocycles. The summed E-state index contributed by atoms with van der Waals surface area (Å²) in [4.78, 5) is 25.0. The summed E-state index contributed by atoms with van der Waals surface area (Å²) in [5.74, 6) is 0.674. The lowest BCUT2D eigenvalue weighted by Crippen LogP contribution is -2.53. The topological polar surface area (TPSA) is 70.2 Å². The van der Waals surface area contributed by atoms with E-state index < -0.39 is 6.04 Å². The molecule has 1 heterocycles. The lowest BCUT2D eigenvalue weighted by atomic mass is 10.00. The van der Waals surface area contributed by atoms with Crippen molar-refractivity contribution in [2.24, 2.45) is 0 Å². The maximum Gasteiger partial charge on any atom is 0.242 e. The average Bonchev–Trinajstić information content (AvgIpc) is 2.59. The van der Waals surface area contributed by atoms with Gasteiger partial charge < -0.3 is 16.0 Å². The van der Waals surface area contributed by atoms with Gasteiger partial charge in [0.05, 0.1) is 6.42 Å². The molecule has 0 aliphatic carbocycles. The quantitative estimate of drug-likeness (QED) is 0.626. The predicted molar refractivity (Wildman–Crippen MR) is 111 cm³/mol. The Morgan fingerprint density at radius 3 is 2.69 bits per heavy atom. The number of thioether (sulfide) groups is 1. The van der Waals surface area contributed by atoms with Crippen molar-refractivity contribution in [3.05, 3.63) is 35.9 Å². The Kier molecular flexibility index (Phi) is 10.7. The number of carbonyl (C=O) groups is 2. The summed E-state index contributed by atoms with van der Waals surface area (Å²) in [6, 6.07) is 9.74. The minimum atomic E-state index is -0.464. The molecule has 26 heavy (non-hydrogen) atoms. The second-order valence-corrected chi connectivity index (χ2v) is 7.63. The van der Waals surface area contributed by atoms with Crippen LogP contribution in [0.2, 0.25) is 0 Å². The van der Waals surface area contributed by atoms with Crippen LogP contribution >= 0.6 is 24.2 Å². The molecule has 1 aromatic carbocycles. The van der Waals surface area contributed by atoms with Crippen LogP contribution in [-0.2, 0) is 16.0 Å². The first-order valence-corrected chi connectivity index (χ1v) is 10.3. The highest BCUT2D eigenvalue weighted by Crippen LogP contribution is 2.10. The normalized spacial score (nSPS) is 20.5. The van der Waals surface area contributed by atoms with Gasteiger partial charge in [-0.1, -0.05) is 30.3 Å². The van der Waals surface area contributed by atoms with Gasteiger partial charge in [-0.15, -0.1) is 12.4 Å². The lowest BCUT2D eigenvalue weighted by molar-refractivity contribution is -0.129. The van der Waals surface area contributed by atoms with Gasteiger partial charge in [-0.25, -0.2) is 0 Å². The molecule has 3 atom stereocenters. The smallest absolute Gasteiger partial charge is 0.242 e. The van der Waals surface area contributed by atoms with Crippen molar-refractivity contribution in [2.45, 2.75) is 50.7 Å². The monoisotopic (exact) mass is 399 g/mol. The second-order valence-electron chi connectivity index (χ2n) is 6.65. The number of carbonyl (C=O) groups excluding carboxylic acids is 2. The van der Waals surface area contributed by atoms with Crippen LogP contribution in [0.4, 0.5) is 0 Å². The average molecular weight is 400 g/mol. The van der Waals surface area contributed by atoms with E-state index in [1.807, 2.05) is 36.6 Å². The van der Waals surface area contributed by atoms with Crippen LogP contribution < -0.4 is 16.0 Å². The minimum absolute atomic E-state index is 0. The van der Waals surface area contributed by atoms with E-state index >= 15 is 0 Å². The molecule has 0 spiro atoms. The van der Waals surface area contributed by atoms with Crippen LogP contribution in [0.15, 0.2) is 30.3 Å². The number of hydrogen-bond acceptors (Lipinski definition) is 4. The maximum atomic E-state index is 12.7. The van der Waals surface area contributed by atoms with Crippen molar-refractivity contribution < 1.29 is 9.59 Å². The summed E-state index contributed by atoms with van der Waals surface area (Å²) in [5.41, 5.74) is 0.955. The van der Waals surface area contributed by atoms with Crippen molar-refractivity contribution in [2.75, 3.05) is 18.6 Å². The lowest BCUT2D eigenvalue weighted by Gasteiger charge is -2.30. The molecule has 0 bridgehead atoms. The van der Waals surface area contributed by atoms with E-state index in [4.69, 9.17) is 0 Å². The highest BCUT2D eigenvalue weighted by atomic mass is 35.5. The van der Waals surface area contributed by atoms with Gasteiger partial charge in [-0.3, -0.25) is 9.59 Å². The molecule has 3 unspecified atom stereocenters. The summed E-state index contributed by atoms with van der Waals surface area (Å²) in [6.45, 7) is 3.05. The molecule has 146 valence electrons. The fourth-order valence-corrected chi connectivity index (χ4v) is 3.57. The molecule has 0 radical (unpaired) electrons. The molecule has 1 aliphatic heterocycles. The van der Waals surface area contributed by atoms with Gasteiger partial charge in [-0.05, 0) is 50.3 Å². The van der Waals surface area contributed by atoms with E-state index in [2.05, 4.69) is 22.9 Å². The van der Waals surface area contributed by atoms with Crippen molar-refractivity contribution >= 4 is 36.0 Å². The standard InChI is InChI=1S/C19H29N3O2S.ClH/c1-14-12-16(8-10-20-14)21-19(24)17(9-11-25-2)22-18(23)13-15-6-4-3-5-7-15;/h3-7,14,16-17,20H,8-13H2,1-2H3,(H,21,24)(H,22,23);1H. The Hall–Kier alpha value is -1.24. The maximum absolute atomic E-state index is 12.7. The molecule has 3 N–H and O–H groups in total. The number of benzene rings is 1. The van der Waals surface area contributed by atoms with E-state index in [0.29, 0.717) is 18.9 Å². The molecular formula is C19H30ClN3O2S. The minimum Gasteiger partial charge on any atom is -0.351 e. The van der Waals surface area contributed by atoms with Crippen LogP contribution in [0.3, 0.4) is 0 Å². The fourth-order valence-electron chi connectivity index (χ4n) is 3.10. The van der Waals surface area contributed by atoms with Crippen LogP contribution in [0, 0.1) is 0 Å². The zero-order chi connectivity index (χ0) is 18.1. The Balaban J connectivity index is 0.00000338. The van der Waals surface area contributed by atoms with Gasteiger partial charge in [-0.2, -0.15) is 11.8 Å². The Morgan fingerprint density at radius 1 is 1.31 bits per heavy atom. The van der Waals surface area contributed by atoms with E-state index in [-0.39, 0.29) is 30.3 Å². The third-order valence-electron chi connectivity index (χ3n) is 4.44. The third-order valence-corrected chi connectivity index (χ3v) is 5.08. The van der Waals surface area contributed by atoms with Crippen LogP contribution in [-0.4, -0.2) is 48.5 Å². The van der Waals surface area contributed by atoms with Gasteiger partial charge in [0, 0.05) is 12.1 Å². The number of rotatable bonds is 8. The Labute approximate surface area is 166 Å². The fraction of sp³-hybridized carbons (Fsp3) is 0.579. The molecule has 1 fully saturated rings. The molecule has 5 nitrogen and oxygen atoms in total. The molecule has 2 rings (SSSR count). The molecule has 1 aromatic rings. The zero-order valence-electron chi connectivity index (χ0n) is 15.5. The molecule has 0 aromatic heterocycles. The predicted octanol–water partition coefficient (Wildman–Crippen LogP) is 2.15. The molecule has 0 saturated carbocycles. The van der Waals surface area contributed by atoms with Gasteiger partial charge in [0.2, 0.25) is 11.8 Å². The first-order chi connectivity index (χ1) is 12.1. The zero-order valence-corrected chi connectivity index (χ0v) is 17.1. The SMILES string of the molecule is CSCCC(NC(=O)Cc1ccccc1)C(=O)NC1CCNC(C)C1.Cl. The van der Waals surface area contributed by atoms with Crippen LogP contribution in [0.25, 0.3) is 0 Å². The molecule has 7 heteroatoms. The van der Waals surface area contributed by atoms with Crippen LogP contribution in [0.1, 0.15) is 31.7 Å². The van der Waals surface area contributed by atoms with Gasteiger partial charge in [0.15, 0.2) is 0 Å². The summed E-state index contributed by atoms with van der Waals surface area (Å²) in [7, 11) is 0. The number of halogens is 1. The van der Waals surface area contributed by atoms with E-state index in [9.17, 15) is 9.59 Å². The summed E-state index contributed by atoms with van der Waals surface area (Å²) < 4.78 is 0. The van der Waals surface area contributed by atoms with E-state index in [0.717, 1.165) is 30.7 Å². The summed E-state index contributed by atoms with van der Waals surface area (Å²) in [5, 5.41) is 9.43. The van der Waals surface area contributed by atoms with Gasteiger partial charge in [0.25, 0.3) is 0 Å². The van der Waals surface area contributed by atoms with Crippen molar-refractivity contribution in [1.82, 2.24) is 16.0 Å². The van der Waals surface area contributed by atoms with E-state index in [1.165, 1.54) is 0 Å². The second kappa shape index (κ2) is 12.2. The van der Waals surface area contributed by atoms with Crippen molar-refractivity contribution in [1.29, 1.82) is 0 Å². The number of nitrogens with one attached hydrogen (secondary N) is 3. The van der Waals surface area contributed by atoms with Crippen LogP contribution in [0.5, 0.6) is 0 Å². The van der Waals surface area contributed by atoms with Gasteiger partial charge in [0.1, 0.15) is 6.04 Å². The summed E-state index contributed by atoms with van der Waals surface area (Å²) in [6.07, 6.45) is 4.82. The molecular weight excluding hydrogens is 370 g/mol. The number of hydrogen-bond donors (Lipinski definition) is 3.